The van der Waals surface area contributed by atoms with Crippen molar-refractivity contribution >= 4 is 11.6 Å². The van der Waals surface area contributed by atoms with Crippen LogP contribution in [0.1, 0.15) is 27.7 Å². The molecule has 1 amide bonds. The standard InChI is InChI=1S/C18H27N3O5/c1-13-9-20(10-14(2)26-13)18(3,4)12-19-17(22)11-25-16-7-5-15(6-8-16)21(23)24/h5-8,13-14H,9-12H2,1-4H3,(H,19,22)/t13-,14-/m1/s1. The second kappa shape index (κ2) is 8.46. The molecule has 0 unspecified atom stereocenters. The summed E-state index contributed by atoms with van der Waals surface area (Å²) in [6, 6.07) is 5.64. The number of non-ortho nitro benzene ring substituents is 1. The Morgan fingerprint density at radius 2 is 1.88 bits per heavy atom. The molecule has 0 saturated carbocycles. The lowest BCUT2D eigenvalue weighted by Gasteiger charge is -2.45. The van der Waals surface area contributed by atoms with E-state index in [9.17, 15) is 14.9 Å². The lowest BCUT2D eigenvalue weighted by Crippen LogP contribution is -2.58. The maximum Gasteiger partial charge on any atom is 0.269 e. The highest BCUT2D eigenvalue weighted by atomic mass is 16.6. The Morgan fingerprint density at radius 3 is 2.42 bits per heavy atom. The highest BCUT2D eigenvalue weighted by Crippen LogP contribution is 2.21. The summed E-state index contributed by atoms with van der Waals surface area (Å²) in [5, 5.41) is 13.5. The molecule has 0 aromatic heterocycles. The predicted octanol–water partition coefficient (Wildman–Crippen LogP) is 1.98. The summed E-state index contributed by atoms with van der Waals surface area (Å²) in [6.45, 7) is 10.3. The molecule has 2 rings (SSSR count). The molecule has 0 aliphatic carbocycles. The van der Waals surface area contributed by atoms with Gasteiger partial charge < -0.3 is 14.8 Å². The Hall–Kier alpha value is -2.19. The average molecular weight is 365 g/mol. The van der Waals surface area contributed by atoms with Gasteiger partial charge in [-0.2, -0.15) is 0 Å². The third-order valence-corrected chi connectivity index (χ3v) is 4.41. The van der Waals surface area contributed by atoms with Gasteiger partial charge in [0.15, 0.2) is 6.61 Å². The highest BCUT2D eigenvalue weighted by Gasteiger charge is 2.33. The Kier molecular flexibility index (Phi) is 6.55. The number of carbonyl (C=O) groups excluding carboxylic acids is 1. The molecule has 0 spiro atoms. The van der Waals surface area contributed by atoms with E-state index in [4.69, 9.17) is 9.47 Å². The molecule has 8 heteroatoms. The number of benzene rings is 1. The van der Waals surface area contributed by atoms with Gasteiger partial charge in [-0.1, -0.05) is 0 Å². The van der Waals surface area contributed by atoms with E-state index in [1.54, 1.807) is 0 Å². The molecule has 1 aliphatic rings. The molecule has 1 saturated heterocycles. The van der Waals surface area contributed by atoms with Crippen LogP contribution in [-0.2, 0) is 9.53 Å². The summed E-state index contributed by atoms with van der Waals surface area (Å²) >= 11 is 0. The summed E-state index contributed by atoms with van der Waals surface area (Å²) in [5.74, 6) is 0.187. The molecule has 1 aromatic rings. The molecular formula is C18H27N3O5. The minimum absolute atomic E-state index is 0.0162. The molecule has 0 bridgehead atoms. The maximum absolute atomic E-state index is 12.1. The lowest BCUT2D eigenvalue weighted by atomic mass is 10.00. The van der Waals surface area contributed by atoms with Gasteiger partial charge in [0.25, 0.3) is 11.6 Å². The summed E-state index contributed by atoms with van der Waals surface area (Å²) in [7, 11) is 0. The van der Waals surface area contributed by atoms with E-state index in [1.807, 2.05) is 0 Å². The zero-order valence-electron chi connectivity index (χ0n) is 15.7. The normalized spacial score (nSPS) is 21.2. The van der Waals surface area contributed by atoms with Gasteiger partial charge >= 0.3 is 0 Å². The molecule has 1 N–H and O–H groups in total. The number of carbonyl (C=O) groups is 1. The second-order valence-corrected chi connectivity index (χ2v) is 7.29. The molecule has 144 valence electrons. The number of nitro groups is 1. The third-order valence-electron chi connectivity index (χ3n) is 4.41. The molecule has 2 atom stereocenters. The monoisotopic (exact) mass is 365 g/mol. The SMILES string of the molecule is C[C@@H]1CN(C(C)(C)CNC(=O)COc2ccc([N+](=O)[O-])cc2)C[C@@H](C)O1. The summed E-state index contributed by atoms with van der Waals surface area (Å²) < 4.78 is 11.1. The highest BCUT2D eigenvalue weighted by molar-refractivity contribution is 5.77. The first-order chi connectivity index (χ1) is 12.2. The van der Waals surface area contributed by atoms with Crippen LogP contribution in [0, 0.1) is 10.1 Å². The zero-order chi connectivity index (χ0) is 19.3. The van der Waals surface area contributed by atoms with Gasteiger partial charge in [-0.25, -0.2) is 0 Å². The minimum atomic E-state index is -0.480. The first-order valence-corrected chi connectivity index (χ1v) is 8.72. The fourth-order valence-corrected chi connectivity index (χ4v) is 2.96. The van der Waals surface area contributed by atoms with Crippen LogP contribution in [0.15, 0.2) is 24.3 Å². The molecular weight excluding hydrogens is 338 g/mol. The molecule has 0 radical (unpaired) electrons. The smallest absolute Gasteiger partial charge is 0.269 e. The molecule has 1 aliphatic heterocycles. The van der Waals surface area contributed by atoms with Crippen molar-refractivity contribution in [3.63, 3.8) is 0 Å². The first kappa shape index (κ1) is 20.1. The quantitative estimate of drug-likeness (QED) is 0.586. The van der Waals surface area contributed by atoms with Gasteiger partial charge in [0, 0.05) is 37.3 Å². The Balaban J connectivity index is 1.79. The van der Waals surface area contributed by atoms with Crippen molar-refractivity contribution in [1.29, 1.82) is 0 Å². The van der Waals surface area contributed by atoms with E-state index in [0.29, 0.717) is 12.3 Å². The topological polar surface area (TPSA) is 93.9 Å². The summed E-state index contributed by atoms with van der Waals surface area (Å²) in [4.78, 5) is 24.5. The summed E-state index contributed by atoms with van der Waals surface area (Å²) in [6.07, 6.45) is 0.332. The predicted molar refractivity (Wildman–Crippen MR) is 97.3 cm³/mol. The number of hydrogen-bond donors (Lipinski definition) is 1. The van der Waals surface area contributed by atoms with Crippen molar-refractivity contribution in [2.24, 2.45) is 0 Å². The number of amides is 1. The molecule has 8 nitrogen and oxygen atoms in total. The van der Waals surface area contributed by atoms with Crippen molar-refractivity contribution in [2.45, 2.75) is 45.4 Å². The number of ether oxygens (including phenoxy) is 2. The number of hydrogen-bond acceptors (Lipinski definition) is 6. The number of morpholine rings is 1. The van der Waals surface area contributed by atoms with Crippen LogP contribution < -0.4 is 10.1 Å². The van der Waals surface area contributed by atoms with E-state index < -0.39 is 4.92 Å². The van der Waals surface area contributed by atoms with Gasteiger partial charge in [0.1, 0.15) is 5.75 Å². The van der Waals surface area contributed by atoms with Gasteiger partial charge in [-0.05, 0) is 39.8 Å². The Labute approximate surface area is 153 Å². The number of nitrogens with zero attached hydrogens (tertiary/aromatic N) is 2. The van der Waals surface area contributed by atoms with E-state index >= 15 is 0 Å². The fourth-order valence-electron chi connectivity index (χ4n) is 2.96. The largest absolute Gasteiger partial charge is 0.484 e. The third kappa shape index (κ3) is 5.67. The van der Waals surface area contributed by atoms with Crippen molar-refractivity contribution in [2.75, 3.05) is 26.2 Å². The molecule has 1 aromatic carbocycles. The lowest BCUT2D eigenvalue weighted by molar-refractivity contribution is -0.384. The summed E-state index contributed by atoms with van der Waals surface area (Å²) in [5.41, 5.74) is -0.215. The molecule has 1 fully saturated rings. The van der Waals surface area contributed by atoms with E-state index in [0.717, 1.165) is 13.1 Å². The van der Waals surface area contributed by atoms with Crippen molar-refractivity contribution in [3.05, 3.63) is 34.4 Å². The van der Waals surface area contributed by atoms with Crippen LogP contribution in [0.2, 0.25) is 0 Å². The average Bonchev–Trinajstić information content (AvgIpc) is 2.57. The molecule has 26 heavy (non-hydrogen) atoms. The van der Waals surface area contributed by atoms with Crippen LogP contribution in [0.3, 0.4) is 0 Å². The molecule has 1 heterocycles. The van der Waals surface area contributed by atoms with E-state index in [-0.39, 0.29) is 35.9 Å². The van der Waals surface area contributed by atoms with Gasteiger partial charge in [0.2, 0.25) is 0 Å². The van der Waals surface area contributed by atoms with Crippen molar-refractivity contribution in [1.82, 2.24) is 10.2 Å². The van der Waals surface area contributed by atoms with Crippen LogP contribution in [0.5, 0.6) is 5.75 Å². The second-order valence-electron chi connectivity index (χ2n) is 7.29. The van der Waals surface area contributed by atoms with E-state index in [2.05, 4.69) is 37.9 Å². The van der Waals surface area contributed by atoms with Gasteiger partial charge in [0.05, 0.1) is 17.1 Å². The number of rotatable bonds is 7. The van der Waals surface area contributed by atoms with Gasteiger partial charge in [-0.15, -0.1) is 0 Å². The maximum atomic E-state index is 12.1. The van der Waals surface area contributed by atoms with Crippen LogP contribution in [-0.4, -0.2) is 59.7 Å². The number of nitrogens with one attached hydrogen (secondary N) is 1. The van der Waals surface area contributed by atoms with E-state index in [1.165, 1.54) is 24.3 Å². The van der Waals surface area contributed by atoms with Crippen LogP contribution in [0.4, 0.5) is 5.69 Å². The van der Waals surface area contributed by atoms with Crippen LogP contribution >= 0.6 is 0 Å². The first-order valence-electron chi connectivity index (χ1n) is 8.72. The van der Waals surface area contributed by atoms with Crippen LogP contribution in [0.25, 0.3) is 0 Å². The Bertz CT molecular complexity index is 622. The fraction of sp³-hybridized carbons (Fsp3) is 0.611. The Morgan fingerprint density at radius 1 is 1.31 bits per heavy atom. The van der Waals surface area contributed by atoms with Crippen molar-refractivity contribution in [3.8, 4) is 5.75 Å². The number of nitro benzene ring substituents is 1. The van der Waals surface area contributed by atoms with Gasteiger partial charge in [-0.3, -0.25) is 19.8 Å². The zero-order valence-corrected chi connectivity index (χ0v) is 15.7. The minimum Gasteiger partial charge on any atom is -0.484 e. The van der Waals surface area contributed by atoms with Crippen molar-refractivity contribution < 1.29 is 19.2 Å².